The number of carbonyl (C=O) groups excluding carboxylic acids is 2. The molecule has 1 fully saturated rings. The molecule has 0 aliphatic carbocycles. The SMILES string of the molecule is CN(CCc1ccncc1)C(=O)c1cccc(C(=O)N2CCCCCC2)c1. The number of likely N-dealkylation sites (N-methyl/N-ethyl adjacent to an activating group) is 1. The number of likely N-dealkylation sites (tertiary alicyclic amines) is 1. The standard InChI is InChI=1S/C22H27N3O2/c1-24(16-11-18-9-12-23-13-10-18)21(26)19-7-6-8-20(17-19)22(27)25-14-4-2-3-5-15-25/h6-10,12-13,17H,2-5,11,14-16H2,1H3. The predicted molar refractivity (Wildman–Crippen MR) is 106 cm³/mol. The molecule has 1 aliphatic rings. The highest BCUT2D eigenvalue weighted by Crippen LogP contribution is 2.15. The van der Waals surface area contributed by atoms with Gasteiger partial charge in [0.2, 0.25) is 0 Å². The summed E-state index contributed by atoms with van der Waals surface area (Å²) in [5.41, 5.74) is 2.31. The monoisotopic (exact) mass is 365 g/mol. The van der Waals surface area contributed by atoms with Gasteiger partial charge in [-0.2, -0.15) is 0 Å². The van der Waals surface area contributed by atoms with Crippen LogP contribution in [-0.4, -0.2) is 53.3 Å². The lowest BCUT2D eigenvalue weighted by molar-refractivity contribution is 0.0761. The molecule has 0 saturated carbocycles. The molecule has 1 saturated heterocycles. The van der Waals surface area contributed by atoms with Gasteiger partial charge in [-0.1, -0.05) is 18.9 Å². The Morgan fingerprint density at radius 1 is 1.00 bits per heavy atom. The lowest BCUT2D eigenvalue weighted by atomic mass is 10.1. The number of benzene rings is 1. The first-order valence-corrected chi connectivity index (χ1v) is 9.69. The van der Waals surface area contributed by atoms with Crippen molar-refractivity contribution in [3.63, 3.8) is 0 Å². The Kier molecular flexibility index (Phi) is 6.58. The molecule has 1 aliphatic heterocycles. The minimum absolute atomic E-state index is 0.0333. The molecule has 1 aromatic heterocycles. The minimum Gasteiger partial charge on any atom is -0.341 e. The maximum Gasteiger partial charge on any atom is 0.253 e. The Labute approximate surface area is 161 Å². The third-order valence-corrected chi connectivity index (χ3v) is 5.08. The Bertz CT molecular complexity index is 768. The molecule has 0 bridgehead atoms. The van der Waals surface area contributed by atoms with Crippen molar-refractivity contribution in [3.8, 4) is 0 Å². The minimum atomic E-state index is -0.0606. The molecule has 1 aromatic carbocycles. The van der Waals surface area contributed by atoms with Gasteiger partial charge in [-0.3, -0.25) is 14.6 Å². The average Bonchev–Trinajstić information content (AvgIpc) is 3.01. The smallest absolute Gasteiger partial charge is 0.253 e. The van der Waals surface area contributed by atoms with Gasteiger partial charge in [-0.25, -0.2) is 0 Å². The van der Waals surface area contributed by atoms with Crippen LogP contribution in [-0.2, 0) is 6.42 Å². The van der Waals surface area contributed by atoms with Crippen molar-refractivity contribution in [1.82, 2.24) is 14.8 Å². The van der Waals surface area contributed by atoms with Crippen molar-refractivity contribution < 1.29 is 9.59 Å². The zero-order valence-electron chi connectivity index (χ0n) is 15.9. The second-order valence-electron chi connectivity index (χ2n) is 7.12. The summed E-state index contributed by atoms with van der Waals surface area (Å²) in [6.45, 7) is 2.23. The summed E-state index contributed by atoms with van der Waals surface area (Å²) >= 11 is 0. The van der Waals surface area contributed by atoms with E-state index in [0.29, 0.717) is 17.7 Å². The van der Waals surface area contributed by atoms with Crippen LogP contribution in [0.1, 0.15) is 52.0 Å². The summed E-state index contributed by atoms with van der Waals surface area (Å²) in [5.74, 6) is -0.0273. The van der Waals surface area contributed by atoms with Crippen LogP contribution in [0.15, 0.2) is 48.8 Å². The lowest BCUT2D eigenvalue weighted by Gasteiger charge is -2.21. The van der Waals surface area contributed by atoms with Crippen molar-refractivity contribution in [2.75, 3.05) is 26.7 Å². The van der Waals surface area contributed by atoms with E-state index in [9.17, 15) is 9.59 Å². The van der Waals surface area contributed by atoms with Gasteiger partial charge in [0.05, 0.1) is 0 Å². The van der Waals surface area contributed by atoms with Gasteiger partial charge in [0.25, 0.3) is 11.8 Å². The van der Waals surface area contributed by atoms with Crippen molar-refractivity contribution in [1.29, 1.82) is 0 Å². The van der Waals surface area contributed by atoms with Gasteiger partial charge in [0, 0.05) is 50.2 Å². The molecule has 0 atom stereocenters. The van der Waals surface area contributed by atoms with Gasteiger partial charge in [-0.15, -0.1) is 0 Å². The molecule has 0 unspecified atom stereocenters. The molecule has 2 aromatic rings. The molecular weight excluding hydrogens is 338 g/mol. The number of aromatic nitrogens is 1. The van der Waals surface area contributed by atoms with E-state index in [1.54, 1.807) is 48.6 Å². The van der Waals surface area contributed by atoms with Gasteiger partial charge in [-0.05, 0) is 55.2 Å². The van der Waals surface area contributed by atoms with Gasteiger partial charge < -0.3 is 9.80 Å². The van der Waals surface area contributed by atoms with Crippen molar-refractivity contribution >= 4 is 11.8 Å². The Morgan fingerprint density at radius 2 is 1.67 bits per heavy atom. The van der Waals surface area contributed by atoms with E-state index >= 15 is 0 Å². The van der Waals surface area contributed by atoms with Gasteiger partial charge in [0.15, 0.2) is 0 Å². The number of carbonyl (C=O) groups is 2. The van der Waals surface area contributed by atoms with Crippen molar-refractivity contribution in [2.45, 2.75) is 32.1 Å². The summed E-state index contributed by atoms with van der Waals surface area (Å²) in [7, 11) is 1.80. The van der Waals surface area contributed by atoms with Crippen LogP contribution in [0.2, 0.25) is 0 Å². The fourth-order valence-corrected chi connectivity index (χ4v) is 3.41. The molecule has 5 heteroatoms. The molecule has 2 heterocycles. The van der Waals surface area contributed by atoms with E-state index in [0.717, 1.165) is 37.9 Å². The maximum atomic E-state index is 12.8. The largest absolute Gasteiger partial charge is 0.341 e. The Balaban J connectivity index is 1.64. The highest BCUT2D eigenvalue weighted by molar-refractivity contribution is 5.99. The number of rotatable bonds is 5. The Hall–Kier alpha value is -2.69. The molecule has 0 radical (unpaired) electrons. The first-order valence-electron chi connectivity index (χ1n) is 9.69. The molecule has 2 amide bonds. The van der Waals surface area contributed by atoms with Gasteiger partial charge >= 0.3 is 0 Å². The summed E-state index contributed by atoms with van der Waals surface area (Å²) in [4.78, 5) is 33.2. The van der Waals surface area contributed by atoms with Crippen molar-refractivity contribution in [3.05, 3.63) is 65.5 Å². The summed E-state index contributed by atoms with van der Waals surface area (Å²) in [5, 5.41) is 0. The van der Waals surface area contributed by atoms with Crippen LogP contribution in [0, 0.1) is 0 Å². The highest BCUT2D eigenvalue weighted by Gasteiger charge is 2.19. The maximum absolute atomic E-state index is 12.8. The average molecular weight is 365 g/mol. The highest BCUT2D eigenvalue weighted by atomic mass is 16.2. The fraction of sp³-hybridized carbons (Fsp3) is 0.409. The topological polar surface area (TPSA) is 53.5 Å². The van der Waals surface area contributed by atoms with Crippen LogP contribution < -0.4 is 0 Å². The first-order chi connectivity index (χ1) is 13.1. The number of hydrogen-bond donors (Lipinski definition) is 0. The van der Waals surface area contributed by atoms with E-state index in [1.807, 2.05) is 17.0 Å². The summed E-state index contributed by atoms with van der Waals surface area (Å²) in [6.07, 6.45) is 8.78. The molecule has 142 valence electrons. The van der Waals surface area contributed by atoms with Crippen LogP contribution in [0.25, 0.3) is 0 Å². The molecule has 27 heavy (non-hydrogen) atoms. The zero-order valence-corrected chi connectivity index (χ0v) is 15.9. The molecule has 3 rings (SSSR count). The predicted octanol–water partition coefficient (Wildman–Crippen LogP) is 3.41. The van der Waals surface area contributed by atoms with Crippen LogP contribution >= 0.6 is 0 Å². The second kappa shape index (κ2) is 9.31. The van der Waals surface area contributed by atoms with E-state index in [4.69, 9.17) is 0 Å². The number of hydrogen-bond acceptors (Lipinski definition) is 3. The van der Waals surface area contributed by atoms with Crippen LogP contribution in [0.5, 0.6) is 0 Å². The number of nitrogens with zero attached hydrogens (tertiary/aromatic N) is 3. The van der Waals surface area contributed by atoms with Crippen LogP contribution in [0.4, 0.5) is 0 Å². The van der Waals surface area contributed by atoms with Crippen LogP contribution in [0.3, 0.4) is 0 Å². The van der Waals surface area contributed by atoms with E-state index in [-0.39, 0.29) is 11.8 Å². The second-order valence-corrected chi connectivity index (χ2v) is 7.12. The third-order valence-electron chi connectivity index (χ3n) is 5.08. The molecular formula is C22H27N3O2. The first kappa shape index (κ1) is 19.1. The molecule has 0 N–H and O–H groups in total. The molecule has 5 nitrogen and oxygen atoms in total. The number of pyridine rings is 1. The quantitative estimate of drug-likeness (QED) is 0.816. The van der Waals surface area contributed by atoms with Crippen molar-refractivity contribution in [2.24, 2.45) is 0 Å². The Morgan fingerprint density at radius 3 is 2.37 bits per heavy atom. The summed E-state index contributed by atoms with van der Waals surface area (Å²) in [6, 6.07) is 11.0. The fourth-order valence-electron chi connectivity index (χ4n) is 3.41. The zero-order chi connectivity index (χ0) is 19.1. The molecule has 0 spiro atoms. The number of amides is 2. The van der Waals surface area contributed by atoms with E-state index < -0.39 is 0 Å². The summed E-state index contributed by atoms with van der Waals surface area (Å²) < 4.78 is 0. The third kappa shape index (κ3) is 5.16. The van der Waals surface area contributed by atoms with Gasteiger partial charge in [0.1, 0.15) is 0 Å². The lowest BCUT2D eigenvalue weighted by Crippen LogP contribution is -2.32. The van der Waals surface area contributed by atoms with E-state index in [1.165, 1.54) is 12.8 Å². The normalized spacial score (nSPS) is 14.5. The van der Waals surface area contributed by atoms with E-state index in [2.05, 4.69) is 4.98 Å².